The number of hydrogen-bond acceptors (Lipinski definition) is 7. The lowest BCUT2D eigenvalue weighted by Gasteiger charge is -2.28. The van der Waals surface area contributed by atoms with Crippen LogP contribution < -0.4 is 15.3 Å². The van der Waals surface area contributed by atoms with Gasteiger partial charge < -0.3 is 23.7 Å². The van der Waals surface area contributed by atoms with Gasteiger partial charge in [-0.15, -0.1) is 5.75 Å². The fraction of sp³-hybridized carbons (Fsp3) is 0.500. The Bertz CT molecular complexity index is 1320. The van der Waals surface area contributed by atoms with Gasteiger partial charge in [0, 0.05) is 43.1 Å². The van der Waals surface area contributed by atoms with Crippen molar-refractivity contribution in [3.63, 3.8) is 0 Å². The monoisotopic (exact) mass is 581 g/mol. The maximum atomic E-state index is 12.7. The Morgan fingerprint density at radius 3 is 2.56 bits per heavy atom. The predicted molar refractivity (Wildman–Crippen MR) is 154 cm³/mol. The van der Waals surface area contributed by atoms with Crippen molar-refractivity contribution in [1.29, 1.82) is 0 Å². The summed E-state index contributed by atoms with van der Waals surface area (Å²) in [7, 11) is -2.59. The van der Waals surface area contributed by atoms with Gasteiger partial charge >= 0.3 is 8.80 Å². The summed E-state index contributed by atoms with van der Waals surface area (Å²) >= 11 is 0. The molecule has 0 radical (unpaired) electrons. The highest BCUT2D eigenvalue weighted by molar-refractivity contribution is 6.62. The van der Waals surface area contributed by atoms with Gasteiger partial charge in [-0.05, 0) is 51.8 Å². The van der Waals surface area contributed by atoms with Crippen molar-refractivity contribution < 1.29 is 33.0 Å². The first-order chi connectivity index (χ1) is 19.5. The van der Waals surface area contributed by atoms with Crippen molar-refractivity contribution >= 4 is 32.2 Å². The first kappa shape index (κ1) is 29.4. The molecule has 2 N–H and O–H groups in total. The van der Waals surface area contributed by atoms with Crippen molar-refractivity contribution in [2.45, 2.75) is 82.8 Å². The Morgan fingerprint density at radius 2 is 1.85 bits per heavy atom. The second-order valence-electron chi connectivity index (χ2n) is 11.8. The molecule has 2 aromatic carbocycles. The van der Waals surface area contributed by atoms with Crippen molar-refractivity contribution in [3.8, 4) is 5.75 Å². The van der Waals surface area contributed by atoms with Crippen molar-refractivity contribution in [2.24, 2.45) is 0 Å². The molecule has 2 fully saturated rings. The molecule has 220 valence electrons. The van der Waals surface area contributed by atoms with E-state index in [0.29, 0.717) is 31.0 Å². The van der Waals surface area contributed by atoms with E-state index in [1.807, 2.05) is 32.1 Å². The molecule has 3 heterocycles. The molecule has 41 heavy (non-hydrogen) atoms. The van der Waals surface area contributed by atoms with Crippen LogP contribution in [0.15, 0.2) is 48.5 Å². The molecule has 0 aliphatic carbocycles. The van der Waals surface area contributed by atoms with Crippen molar-refractivity contribution in [3.05, 3.63) is 69.8 Å². The molecular weight excluding hydrogens is 542 g/mol. The smallest absolute Gasteiger partial charge is 0.502 e. The molecule has 4 atom stereocenters. The average molecular weight is 582 g/mol. The molecule has 11 heteroatoms. The molecule has 2 aromatic rings. The first-order valence-electron chi connectivity index (χ1n) is 14.4. The Hall–Kier alpha value is -3.09. The van der Waals surface area contributed by atoms with E-state index in [-0.39, 0.29) is 47.1 Å². The van der Waals surface area contributed by atoms with E-state index in [0.717, 1.165) is 13.0 Å². The van der Waals surface area contributed by atoms with E-state index in [4.69, 9.17) is 13.3 Å². The van der Waals surface area contributed by atoms with Gasteiger partial charge in [0.2, 0.25) is 5.91 Å². The number of nitro benzene ring substituents is 1. The number of para-hydroxylation sites is 1. The minimum Gasteiger partial charge on any atom is -0.872 e. The summed E-state index contributed by atoms with van der Waals surface area (Å²) in [6.45, 7) is 9.67. The van der Waals surface area contributed by atoms with Crippen LogP contribution >= 0.6 is 0 Å². The van der Waals surface area contributed by atoms with Gasteiger partial charge in [0.1, 0.15) is 11.7 Å². The number of carbonyl (C=O) groups excluding carboxylic acids is 1. The number of amides is 1. The van der Waals surface area contributed by atoms with E-state index >= 15 is 0 Å². The highest BCUT2D eigenvalue weighted by Gasteiger charge is 2.60. The number of rotatable bonds is 11. The standard InChI is InChI=1S/C30H39N3O7Si/c1-20-29-21(2)39-41(38-20,40-29)18-8-16-31-28(35)11-7-17-32-25-10-6-5-9-24(25)30(3,4)27(32)15-12-22-19-23(33(36)37)13-14-26(22)34/h5-6,9-10,12-15,19-21,27,29,34H,7-8,11,16-18H2,1-4H3,(H,31,35)/b15-12-. The maximum Gasteiger partial charge on any atom is 0.502 e. The number of hydrogen-bond donors (Lipinski definition) is 2. The van der Waals surface area contributed by atoms with Gasteiger partial charge in [-0.25, -0.2) is 0 Å². The number of nitrogens with zero attached hydrogens (tertiary/aromatic N) is 1. The zero-order valence-electron chi connectivity index (χ0n) is 24.1. The summed E-state index contributed by atoms with van der Waals surface area (Å²) in [5, 5.41) is 26.7. The van der Waals surface area contributed by atoms with Crippen LogP contribution in [0, 0.1) is 10.1 Å². The summed E-state index contributed by atoms with van der Waals surface area (Å²) in [4.78, 5) is 24.6. The summed E-state index contributed by atoms with van der Waals surface area (Å²) in [5.74, 6) is -0.245. The topological polar surface area (TPSA) is 127 Å². The molecule has 3 aliphatic rings. The zero-order chi connectivity index (χ0) is 29.4. The Morgan fingerprint density at radius 1 is 1.12 bits per heavy atom. The first-order valence-corrected chi connectivity index (χ1v) is 16.3. The third kappa shape index (κ3) is 5.95. The maximum absolute atomic E-state index is 12.7. The minimum atomic E-state index is -2.59. The lowest BCUT2D eigenvalue weighted by Crippen LogP contribution is -3.10. The highest BCUT2D eigenvalue weighted by atomic mass is 28.4. The highest BCUT2D eigenvalue weighted by Crippen LogP contribution is 2.40. The minimum absolute atomic E-state index is 0.00945. The third-order valence-electron chi connectivity index (χ3n) is 8.60. The Labute approximate surface area is 241 Å². The van der Waals surface area contributed by atoms with Gasteiger partial charge in [-0.2, -0.15) is 0 Å². The van der Waals surface area contributed by atoms with Crippen LogP contribution in [-0.2, 0) is 23.5 Å². The summed E-state index contributed by atoms with van der Waals surface area (Å²) in [6.07, 6.45) is 5.68. The van der Waals surface area contributed by atoms with Crippen LogP contribution in [0.5, 0.6) is 5.75 Å². The number of fused-ring (bicyclic) bond motifs is 3. The lowest BCUT2D eigenvalue weighted by molar-refractivity contribution is -0.850. The molecule has 2 saturated heterocycles. The third-order valence-corrected chi connectivity index (χ3v) is 11.7. The van der Waals surface area contributed by atoms with Gasteiger partial charge in [-0.3, -0.25) is 19.8 Å². The average Bonchev–Trinajstić information content (AvgIpc) is 3.50. The van der Waals surface area contributed by atoms with E-state index in [9.17, 15) is 20.0 Å². The number of nitro groups is 1. The number of carbonyl (C=O) groups is 1. The van der Waals surface area contributed by atoms with Crippen molar-refractivity contribution in [2.75, 3.05) is 13.1 Å². The van der Waals surface area contributed by atoms with Gasteiger partial charge in [-0.1, -0.05) is 30.3 Å². The molecule has 5 rings (SSSR count). The lowest BCUT2D eigenvalue weighted by atomic mass is 9.80. The zero-order valence-corrected chi connectivity index (χ0v) is 25.1. The number of quaternary nitrogens is 1. The van der Waals surface area contributed by atoms with Gasteiger partial charge in [0.25, 0.3) is 5.69 Å². The molecular formula is C30H39N3O7Si. The molecule has 0 aromatic heterocycles. The normalized spacial score (nSPS) is 29.6. The van der Waals surface area contributed by atoms with Gasteiger partial charge in [0.05, 0.1) is 35.2 Å². The van der Waals surface area contributed by atoms with E-state index < -0.39 is 13.7 Å². The summed E-state index contributed by atoms with van der Waals surface area (Å²) in [5.41, 5.74) is 2.34. The van der Waals surface area contributed by atoms with Crippen LogP contribution in [0.3, 0.4) is 0 Å². The fourth-order valence-corrected chi connectivity index (χ4v) is 9.85. The van der Waals surface area contributed by atoms with Crippen LogP contribution in [0.4, 0.5) is 11.4 Å². The van der Waals surface area contributed by atoms with Gasteiger partial charge in [0.15, 0.2) is 0 Å². The molecule has 1 amide bonds. The SMILES string of the molecule is CC1O[Si]2(CCCNC(=O)CCC[NH+]3c4ccccc4C(C)(C)C3/C=C\c3cc([N+](=O)[O-])ccc3[O-])OC(C)C1O2. The largest absolute Gasteiger partial charge is 0.872 e. The number of benzene rings is 2. The van der Waals surface area contributed by atoms with E-state index in [2.05, 4.69) is 31.3 Å². The molecule has 3 aliphatic heterocycles. The molecule has 0 saturated carbocycles. The second kappa shape index (κ2) is 11.7. The molecule has 0 spiro atoms. The molecule has 2 bridgehead atoms. The number of non-ortho nitro benzene ring substituents is 1. The summed E-state index contributed by atoms with van der Waals surface area (Å²) in [6, 6.07) is 12.8. The quantitative estimate of drug-likeness (QED) is 0.181. The van der Waals surface area contributed by atoms with E-state index in [1.165, 1.54) is 34.3 Å². The summed E-state index contributed by atoms with van der Waals surface area (Å²) < 4.78 is 18.1. The van der Waals surface area contributed by atoms with Crippen LogP contribution in [0.25, 0.3) is 6.08 Å². The fourth-order valence-electron chi connectivity index (χ4n) is 6.52. The van der Waals surface area contributed by atoms with Crippen LogP contribution in [0.1, 0.15) is 58.1 Å². The second-order valence-corrected chi connectivity index (χ2v) is 14.4. The van der Waals surface area contributed by atoms with Crippen LogP contribution in [0.2, 0.25) is 6.04 Å². The Kier molecular flexibility index (Phi) is 8.35. The molecule has 4 unspecified atom stereocenters. The van der Waals surface area contributed by atoms with E-state index in [1.54, 1.807) is 6.08 Å². The van der Waals surface area contributed by atoms with Crippen molar-refractivity contribution in [1.82, 2.24) is 5.32 Å². The Balaban J connectivity index is 1.18. The van der Waals surface area contributed by atoms with Crippen LogP contribution in [-0.4, -0.2) is 57.1 Å². The number of nitrogens with one attached hydrogen (secondary N) is 2. The molecule has 10 nitrogen and oxygen atoms in total. The predicted octanol–water partition coefficient (Wildman–Crippen LogP) is 3.01.